The van der Waals surface area contributed by atoms with Crippen LogP contribution >= 0.6 is 11.3 Å². The molecule has 0 aliphatic rings. The maximum absolute atomic E-state index is 13.1. The van der Waals surface area contributed by atoms with Gasteiger partial charge in [0.15, 0.2) is 0 Å². The second-order valence-corrected chi connectivity index (χ2v) is 9.38. The van der Waals surface area contributed by atoms with E-state index in [0.717, 1.165) is 17.8 Å². The molecule has 11 heteroatoms. The predicted molar refractivity (Wildman–Crippen MR) is 125 cm³/mol. The van der Waals surface area contributed by atoms with Crippen molar-refractivity contribution in [1.29, 1.82) is 5.41 Å². The van der Waals surface area contributed by atoms with Crippen LogP contribution in [0.25, 0.3) is 0 Å². The molecule has 1 amide bonds. The van der Waals surface area contributed by atoms with E-state index in [2.05, 4.69) is 15.0 Å². The summed E-state index contributed by atoms with van der Waals surface area (Å²) in [6, 6.07) is 12.3. The smallest absolute Gasteiger partial charge is 0.249 e. The largest absolute Gasteiger partial charge is 0.404 e. The monoisotopic (exact) mass is 470 g/mol. The average Bonchev–Trinajstić information content (AvgIpc) is 3.29. The van der Waals surface area contributed by atoms with E-state index in [1.54, 1.807) is 35.8 Å². The summed E-state index contributed by atoms with van der Waals surface area (Å²) in [5.41, 5.74) is 12.4. The van der Waals surface area contributed by atoms with Crippen molar-refractivity contribution in [3.8, 4) is 0 Å². The van der Waals surface area contributed by atoms with E-state index in [4.69, 9.17) is 16.9 Å². The Morgan fingerprint density at radius 2 is 2.00 bits per heavy atom. The van der Waals surface area contributed by atoms with Crippen molar-refractivity contribution in [3.05, 3.63) is 88.5 Å². The van der Waals surface area contributed by atoms with E-state index in [0.29, 0.717) is 22.7 Å². The lowest BCUT2D eigenvalue weighted by Crippen LogP contribution is -2.30. The highest BCUT2D eigenvalue weighted by Crippen LogP contribution is 2.25. The van der Waals surface area contributed by atoms with Gasteiger partial charge in [0.25, 0.3) is 0 Å². The summed E-state index contributed by atoms with van der Waals surface area (Å²) in [6.45, 7) is 0. The van der Waals surface area contributed by atoms with Crippen LogP contribution in [0.3, 0.4) is 0 Å². The third-order valence-electron chi connectivity index (χ3n) is 4.38. The Hall–Kier alpha value is -3.54. The first-order valence-corrected chi connectivity index (χ1v) is 11.8. The van der Waals surface area contributed by atoms with Gasteiger partial charge in [-0.25, -0.2) is 18.1 Å². The molecule has 2 aromatic carbocycles. The van der Waals surface area contributed by atoms with Gasteiger partial charge < -0.3 is 16.8 Å². The van der Waals surface area contributed by atoms with Crippen molar-refractivity contribution < 1.29 is 13.2 Å². The number of aromatic nitrogens is 1. The number of amides is 1. The van der Waals surface area contributed by atoms with E-state index in [1.165, 1.54) is 29.5 Å². The molecule has 3 aromatic rings. The van der Waals surface area contributed by atoms with Gasteiger partial charge in [-0.15, -0.1) is 11.3 Å². The second kappa shape index (κ2) is 10.2. The van der Waals surface area contributed by atoms with Gasteiger partial charge >= 0.3 is 0 Å². The summed E-state index contributed by atoms with van der Waals surface area (Å²) in [6.07, 6.45) is 4.14. The number of sulfonamides is 1. The lowest BCUT2D eigenvalue weighted by molar-refractivity contribution is -0.111. The molecule has 32 heavy (non-hydrogen) atoms. The number of amidine groups is 1. The number of anilines is 1. The van der Waals surface area contributed by atoms with E-state index in [-0.39, 0.29) is 10.7 Å². The molecule has 0 spiro atoms. The summed E-state index contributed by atoms with van der Waals surface area (Å²) in [7, 11) is -3.95. The second-order valence-electron chi connectivity index (χ2n) is 6.74. The van der Waals surface area contributed by atoms with Crippen LogP contribution in [0.5, 0.6) is 0 Å². The van der Waals surface area contributed by atoms with Crippen molar-refractivity contribution in [2.24, 2.45) is 11.5 Å². The summed E-state index contributed by atoms with van der Waals surface area (Å²) in [4.78, 5) is 16.0. The molecule has 0 aliphatic carbocycles. The molecular weight excluding hydrogens is 448 g/mol. The molecule has 3 rings (SSSR count). The standard InChI is InChI=1S/C21H22N6O3S2/c22-8-7-19(28)26-16-5-2-6-17(13-16)32(29,30)27-18(21-25-9-10-31-21)12-14-3-1-4-15(11-14)20(23)24/h1-11,13,18,27H,12,22H2,(H3,23,24)(H,26,28)/t18-/m1/s1. The molecule has 1 aromatic heterocycles. The zero-order chi connectivity index (χ0) is 23.1. The molecule has 0 saturated carbocycles. The van der Waals surface area contributed by atoms with Gasteiger partial charge in [0.2, 0.25) is 15.9 Å². The first-order chi connectivity index (χ1) is 15.3. The number of thiazole rings is 1. The molecule has 1 heterocycles. The van der Waals surface area contributed by atoms with Crippen molar-refractivity contribution in [2.75, 3.05) is 5.32 Å². The fraction of sp³-hybridized carbons (Fsp3) is 0.0952. The first kappa shape index (κ1) is 23.1. The summed E-state index contributed by atoms with van der Waals surface area (Å²) in [5, 5.41) is 12.5. The van der Waals surface area contributed by atoms with Crippen molar-refractivity contribution in [2.45, 2.75) is 17.4 Å². The quantitative estimate of drug-likeness (QED) is 0.183. The predicted octanol–water partition coefficient (Wildman–Crippen LogP) is 2.10. The van der Waals surface area contributed by atoms with Gasteiger partial charge in [-0.1, -0.05) is 24.3 Å². The third-order valence-corrected chi connectivity index (χ3v) is 6.74. The van der Waals surface area contributed by atoms with Crippen LogP contribution in [0, 0.1) is 5.41 Å². The number of nitrogens with two attached hydrogens (primary N) is 2. The van der Waals surface area contributed by atoms with Crippen molar-refractivity contribution in [1.82, 2.24) is 9.71 Å². The zero-order valence-electron chi connectivity index (χ0n) is 16.9. The number of nitrogens with zero attached hydrogens (tertiary/aromatic N) is 1. The van der Waals surface area contributed by atoms with Crippen LogP contribution in [0.2, 0.25) is 0 Å². The molecule has 0 aliphatic heterocycles. The number of nitrogen functional groups attached to an aromatic ring is 1. The minimum absolute atomic E-state index is 0.00827. The minimum atomic E-state index is -3.95. The summed E-state index contributed by atoms with van der Waals surface area (Å²) < 4.78 is 29.0. The maximum Gasteiger partial charge on any atom is 0.249 e. The van der Waals surface area contributed by atoms with E-state index < -0.39 is 22.0 Å². The Labute approximate surface area is 189 Å². The normalized spacial score (nSPS) is 12.5. The van der Waals surface area contributed by atoms with Crippen LogP contribution in [-0.2, 0) is 21.2 Å². The Bertz CT molecular complexity index is 1240. The number of hydrogen-bond acceptors (Lipinski definition) is 7. The fourth-order valence-corrected chi connectivity index (χ4v) is 4.96. The van der Waals surface area contributed by atoms with Crippen LogP contribution < -0.4 is 21.5 Å². The number of carbonyl (C=O) groups is 1. The number of carbonyl (C=O) groups excluding carboxylic acids is 1. The average molecular weight is 471 g/mol. The van der Waals surface area contributed by atoms with Crippen molar-refractivity contribution in [3.63, 3.8) is 0 Å². The molecular formula is C21H22N6O3S2. The third kappa shape index (κ3) is 6.00. The van der Waals surface area contributed by atoms with Crippen LogP contribution in [0.15, 0.2) is 77.3 Å². The van der Waals surface area contributed by atoms with E-state index in [9.17, 15) is 13.2 Å². The number of benzene rings is 2. The molecule has 7 N–H and O–H groups in total. The minimum Gasteiger partial charge on any atom is -0.404 e. The maximum atomic E-state index is 13.1. The van der Waals surface area contributed by atoms with E-state index >= 15 is 0 Å². The highest BCUT2D eigenvalue weighted by Gasteiger charge is 2.24. The molecule has 0 radical (unpaired) electrons. The number of hydrogen-bond donors (Lipinski definition) is 5. The van der Waals surface area contributed by atoms with Gasteiger partial charge in [-0.2, -0.15) is 0 Å². The Morgan fingerprint density at radius 1 is 1.22 bits per heavy atom. The van der Waals surface area contributed by atoms with Crippen molar-refractivity contribution >= 4 is 38.8 Å². The highest BCUT2D eigenvalue weighted by molar-refractivity contribution is 7.89. The fourth-order valence-electron chi connectivity index (χ4n) is 2.96. The lowest BCUT2D eigenvalue weighted by Gasteiger charge is -2.18. The van der Waals surface area contributed by atoms with Gasteiger partial charge in [0.05, 0.1) is 10.9 Å². The molecule has 0 bridgehead atoms. The van der Waals surface area contributed by atoms with Crippen LogP contribution in [0.1, 0.15) is 22.2 Å². The molecule has 9 nitrogen and oxygen atoms in total. The number of rotatable bonds is 9. The Balaban J connectivity index is 1.87. The molecule has 0 saturated heterocycles. The zero-order valence-corrected chi connectivity index (χ0v) is 18.5. The lowest BCUT2D eigenvalue weighted by atomic mass is 10.0. The molecule has 0 fully saturated rings. The van der Waals surface area contributed by atoms with E-state index in [1.807, 2.05) is 6.07 Å². The molecule has 0 unspecified atom stereocenters. The Morgan fingerprint density at radius 3 is 2.69 bits per heavy atom. The first-order valence-electron chi connectivity index (χ1n) is 9.43. The van der Waals surface area contributed by atoms with Gasteiger partial charge in [0.1, 0.15) is 10.8 Å². The van der Waals surface area contributed by atoms with Crippen LogP contribution in [-0.4, -0.2) is 25.1 Å². The topological polar surface area (TPSA) is 164 Å². The van der Waals surface area contributed by atoms with Gasteiger partial charge in [-0.05, 0) is 42.4 Å². The SMILES string of the molecule is N=C(N)c1cccc(C[C@@H](NS(=O)(=O)c2cccc(NC(=O)C=CN)c2)c2nccs2)c1. The van der Waals surface area contributed by atoms with Gasteiger partial charge in [-0.3, -0.25) is 10.2 Å². The number of nitrogens with one attached hydrogen (secondary N) is 3. The van der Waals surface area contributed by atoms with Gasteiger partial charge in [0, 0.05) is 28.9 Å². The Kier molecular flexibility index (Phi) is 7.36. The molecule has 1 atom stereocenters. The molecule has 166 valence electrons. The summed E-state index contributed by atoms with van der Waals surface area (Å²) in [5.74, 6) is -0.539. The van der Waals surface area contributed by atoms with Crippen LogP contribution in [0.4, 0.5) is 5.69 Å². The summed E-state index contributed by atoms with van der Waals surface area (Å²) >= 11 is 1.33. The highest BCUT2D eigenvalue weighted by atomic mass is 32.2.